The van der Waals surface area contributed by atoms with Crippen LogP contribution in [0.15, 0.2) is 18.2 Å². The monoisotopic (exact) mass is 294 g/mol. The minimum Gasteiger partial charge on any atom is -0.507 e. The second-order valence-corrected chi connectivity index (χ2v) is 5.52. The number of hydrogen-bond donors (Lipinski definition) is 4. The summed E-state index contributed by atoms with van der Waals surface area (Å²) < 4.78 is 0. The molecule has 6 heteroatoms. The van der Waals surface area contributed by atoms with Gasteiger partial charge in [0.1, 0.15) is 11.3 Å². The van der Waals surface area contributed by atoms with Crippen molar-refractivity contribution in [2.45, 2.75) is 26.7 Å². The Kier molecular flexibility index (Phi) is 6.17. The third-order valence-electron chi connectivity index (χ3n) is 3.12. The van der Waals surface area contributed by atoms with Crippen LogP contribution < -0.4 is 11.1 Å². The van der Waals surface area contributed by atoms with Crippen LogP contribution in [0.2, 0.25) is 0 Å². The molecule has 6 nitrogen and oxygen atoms in total. The fourth-order valence-electron chi connectivity index (χ4n) is 2.19. The van der Waals surface area contributed by atoms with Gasteiger partial charge in [-0.25, -0.2) is 4.79 Å². The Labute approximate surface area is 124 Å². The van der Waals surface area contributed by atoms with Crippen LogP contribution in [0.1, 0.15) is 37.0 Å². The van der Waals surface area contributed by atoms with Gasteiger partial charge in [0.05, 0.1) is 0 Å². The predicted octanol–water partition coefficient (Wildman–Crippen LogP) is 2.04. The van der Waals surface area contributed by atoms with Crippen LogP contribution in [-0.2, 0) is 4.79 Å². The van der Waals surface area contributed by atoms with E-state index in [1.165, 1.54) is 18.2 Å². The average molecular weight is 294 g/mol. The molecule has 21 heavy (non-hydrogen) atoms. The molecule has 0 spiro atoms. The summed E-state index contributed by atoms with van der Waals surface area (Å²) in [5.41, 5.74) is 5.75. The fourth-order valence-corrected chi connectivity index (χ4v) is 2.19. The normalized spacial score (nSPS) is 12.2. The summed E-state index contributed by atoms with van der Waals surface area (Å²) in [7, 11) is 0. The van der Waals surface area contributed by atoms with E-state index in [2.05, 4.69) is 19.2 Å². The van der Waals surface area contributed by atoms with Gasteiger partial charge in [0, 0.05) is 12.1 Å². The Balaban J connectivity index is 2.70. The minimum atomic E-state index is -1.25. The maximum absolute atomic E-state index is 12.0. The second kappa shape index (κ2) is 7.64. The number of nitrogens with two attached hydrogens (primary N) is 1. The van der Waals surface area contributed by atoms with Gasteiger partial charge < -0.3 is 21.3 Å². The van der Waals surface area contributed by atoms with Gasteiger partial charge in [-0.1, -0.05) is 13.8 Å². The molecule has 0 radical (unpaired) electrons. The van der Waals surface area contributed by atoms with E-state index < -0.39 is 5.97 Å². The predicted molar refractivity (Wildman–Crippen MR) is 80.3 cm³/mol. The number of carboxylic acids is 1. The van der Waals surface area contributed by atoms with Crippen molar-refractivity contribution in [3.05, 3.63) is 23.8 Å². The van der Waals surface area contributed by atoms with Gasteiger partial charge in [-0.05, 0) is 43.0 Å². The summed E-state index contributed by atoms with van der Waals surface area (Å²) in [5, 5.41) is 21.0. The van der Waals surface area contributed by atoms with E-state index in [1.54, 1.807) is 0 Å². The summed E-state index contributed by atoms with van der Waals surface area (Å²) >= 11 is 0. The van der Waals surface area contributed by atoms with E-state index in [0.717, 1.165) is 6.42 Å². The lowest BCUT2D eigenvalue weighted by molar-refractivity contribution is -0.117. The van der Waals surface area contributed by atoms with E-state index in [1.807, 2.05) is 0 Å². The van der Waals surface area contributed by atoms with Crippen molar-refractivity contribution in [1.82, 2.24) is 0 Å². The molecule has 0 saturated heterocycles. The summed E-state index contributed by atoms with van der Waals surface area (Å²) in [6.07, 6.45) is 1.15. The molecule has 0 saturated carbocycles. The SMILES string of the molecule is CC(C)CC(CN)CC(=O)Nc1ccc(O)c(C(=O)O)c1. The highest BCUT2D eigenvalue weighted by Gasteiger charge is 2.15. The second-order valence-electron chi connectivity index (χ2n) is 5.52. The molecule has 0 fully saturated rings. The highest BCUT2D eigenvalue weighted by Crippen LogP contribution is 2.22. The number of anilines is 1. The lowest BCUT2D eigenvalue weighted by atomic mass is 9.94. The van der Waals surface area contributed by atoms with Crippen LogP contribution in [-0.4, -0.2) is 28.6 Å². The first-order valence-corrected chi connectivity index (χ1v) is 6.89. The third kappa shape index (κ3) is 5.43. The summed E-state index contributed by atoms with van der Waals surface area (Å²) in [4.78, 5) is 22.9. The highest BCUT2D eigenvalue weighted by molar-refractivity contribution is 5.95. The Morgan fingerprint density at radius 3 is 2.52 bits per heavy atom. The molecule has 1 unspecified atom stereocenters. The van der Waals surface area contributed by atoms with Crippen LogP contribution in [0.5, 0.6) is 5.75 Å². The Hall–Kier alpha value is -2.08. The van der Waals surface area contributed by atoms with Gasteiger partial charge in [0.15, 0.2) is 0 Å². The number of benzene rings is 1. The zero-order chi connectivity index (χ0) is 16.0. The lowest BCUT2D eigenvalue weighted by Gasteiger charge is -2.16. The van der Waals surface area contributed by atoms with Gasteiger partial charge >= 0.3 is 5.97 Å². The van der Waals surface area contributed by atoms with Crippen LogP contribution in [0.3, 0.4) is 0 Å². The molecule has 5 N–H and O–H groups in total. The fraction of sp³-hybridized carbons (Fsp3) is 0.467. The van der Waals surface area contributed by atoms with Gasteiger partial charge in [-0.3, -0.25) is 4.79 Å². The van der Waals surface area contributed by atoms with Crippen molar-refractivity contribution >= 4 is 17.6 Å². The van der Waals surface area contributed by atoms with Crippen LogP contribution in [0.4, 0.5) is 5.69 Å². The van der Waals surface area contributed by atoms with Crippen LogP contribution in [0.25, 0.3) is 0 Å². The third-order valence-corrected chi connectivity index (χ3v) is 3.12. The zero-order valence-corrected chi connectivity index (χ0v) is 12.3. The molecule has 1 amide bonds. The number of rotatable bonds is 7. The molecule has 0 bridgehead atoms. The van der Waals surface area contributed by atoms with Crippen molar-refractivity contribution in [2.24, 2.45) is 17.6 Å². The largest absolute Gasteiger partial charge is 0.507 e. The van der Waals surface area contributed by atoms with Gasteiger partial charge in [0.25, 0.3) is 0 Å². The molecule has 1 atom stereocenters. The summed E-state index contributed by atoms with van der Waals surface area (Å²) in [6.45, 7) is 4.57. The first-order chi connectivity index (χ1) is 9.83. The van der Waals surface area contributed by atoms with E-state index in [4.69, 9.17) is 10.8 Å². The first kappa shape index (κ1) is 17.0. The number of carbonyl (C=O) groups excluding carboxylic acids is 1. The van der Waals surface area contributed by atoms with Crippen molar-refractivity contribution in [1.29, 1.82) is 0 Å². The molecular weight excluding hydrogens is 272 g/mol. The number of phenols is 1. The molecule has 0 aliphatic rings. The van der Waals surface area contributed by atoms with Crippen molar-refractivity contribution in [3.8, 4) is 5.75 Å². The molecule has 1 aromatic carbocycles. The standard InChI is InChI=1S/C15H22N2O4/c1-9(2)5-10(8-16)6-14(19)17-11-3-4-13(18)12(7-11)15(20)21/h3-4,7,9-10,18H,5-6,8,16H2,1-2H3,(H,17,19)(H,20,21). The maximum Gasteiger partial charge on any atom is 0.339 e. The molecule has 0 aliphatic heterocycles. The van der Waals surface area contributed by atoms with Gasteiger partial charge in [-0.2, -0.15) is 0 Å². The maximum atomic E-state index is 12.0. The number of carboxylic acid groups (broad SMARTS) is 1. The molecule has 1 aromatic rings. The number of hydrogen-bond acceptors (Lipinski definition) is 4. The molecule has 1 rings (SSSR count). The summed E-state index contributed by atoms with van der Waals surface area (Å²) in [5.74, 6) is -1.24. The minimum absolute atomic E-state index is 0.0982. The van der Waals surface area contributed by atoms with E-state index >= 15 is 0 Å². The summed E-state index contributed by atoms with van der Waals surface area (Å²) in [6, 6.07) is 3.93. The molecular formula is C15H22N2O4. The smallest absolute Gasteiger partial charge is 0.339 e. The Bertz CT molecular complexity index is 514. The van der Waals surface area contributed by atoms with Crippen molar-refractivity contribution in [2.75, 3.05) is 11.9 Å². The molecule has 0 heterocycles. The van der Waals surface area contributed by atoms with E-state index in [-0.39, 0.29) is 29.6 Å². The molecule has 0 aromatic heterocycles. The van der Waals surface area contributed by atoms with Gasteiger partial charge in [0.2, 0.25) is 5.91 Å². The topological polar surface area (TPSA) is 113 Å². The first-order valence-electron chi connectivity index (χ1n) is 6.89. The molecule has 0 aliphatic carbocycles. The van der Waals surface area contributed by atoms with Crippen molar-refractivity contribution in [3.63, 3.8) is 0 Å². The van der Waals surface area contributed by atoms with Crippen LogP contribution in [0, 0.1) is 11.8 Å². The Morgan fingerprint density at radius 2 is 2.00 bits per heavy atom. The van der Waals surface area contributed by atoms with Crippen LogP contribution >= 0.6 is 0 Å². The zero-order valence-electron chi connectivity index (χ0n) is 12.3. The number of aromatic carboxylic acids is 1. The quantitative estimate of drug-likeness (QED) is 0.575. The van der Waals surface area contributed by atoms with Crippen molar-refractivity contribution < 1.29 is 19.8 Å². The van der Waals surface area contributed by atoms with E-state index in [9.17, 15) is 14.7 Å². The molecule has 116 valence electrons. The Morgan fingerprint density at radius 1 is 1.33 bits per heavy atom. The average Bonchev–Trinajstić information content (AvgIpc) is 2.39. The number of aromatic hydroxyl groups is 1. The highest BCUT2D eigenvalue weighted by atomic mass is 16.4. The number of nitrogens with one attached hydrogen (secondary N) is 1. The number of amides is 1. The van der Waals surface area contributed by atoms with E-state index in [0.29, 0.717) is 18.2 Å². The lowest BCUT2D eigenvalue weighted by Crippen LogP contribution is -2.23. The van der Waals surface area contributed by atoms with Gasteiger partial charge in [-0.15, -0.1) is 0 Å². The number of carbonyl (C=O) groups is 2.